The van der Waals surface area contributed by atoms with Gasteiger partial charge in [-0.15, -0.1) is 10.2 Å². The summed E-state index contributed by atoms with van der Waals surface area (Å²) in [5, 5.41) is 17.4. The van der Waals surface area contributed by atoms with Gasteiger partial charge in [0.1, 0.15) is 5.75 Å². The van der Waals surface area contributed by atoms with Gasteiger partial charge in [-0.1, -0.05) is 36.4 Å². The molecular weight excluding hydrogens is 342 g/mol. The molecule has 7 nitrogen and oxygen atoms in total. The predicted octanol–water partition coefficient (Wildman–Crippen LogP) is 3.33. The van der Waals surface area contributed by atoms with Crippen LogP contribution in [-0.4, -0.2) is 32.3 Å². The molecule has 0 atom stereocenters. The second-order valence-corrected chi connectivity index (χ2v) is 5.78. The van der Waals surface area contributed by atoms with Crippen LogP contribution in [-0.2, 0) is 4.79 Å². The molecular formula is C20H17N5O2. The lowest BCUT2D eigenvalue weighted by Crippen LogP contribution is -2.09. The quantitative estimate of drug-likeness (QED) is 0.553. The SMILES string of the molecule is CCOc1ccccc1NC(=O)/C=C/c1nnc2c3ccccc3cnn12. The first-order chi connectivity index (χ1) is 13.3. The summed E-state index contributed by atoms with van der Waals surface area (Å²) < 4.78 is 7.12. The number of fused-ring (bicyclic) bond motifs is 3. The van der Waals surface area contributed by atoms with E-state index in [0.29, 0.717) is 29.5 Å². The third-order valence-corrected chi connectivity index (χ3v) is 4.01. The Kier molecular flexibility index (Phi) is 4.49. The Labute approximate surface area is 155 Å². The number of hydrogen-bond donors (Lipinski definition) is 1. The Balaban J connectivity index is 1.58. The third-order valence-electron chi connectivity index (χ3n) is 4.01. The highest BCUT2D eigenvalue weighted by molar-refractivity contribution is 6.02. The first kappa shape index (κ1) is 16.7. The third kappa shape index (κ3) is 3.35. The smallest absolute Gasteiger partial charge is 0.248 e. The molecule has 0 radical (unpaired) electrons. The number of benzene rings is 2. The first-order valence-corrected chi connectivity index (χ1v) is 8.56. The minimum absolute atomic E-state index is 0.292. The van der Waals surface area contributed by atoms with Crippen LogP contribution in [0.1, 0.15) is 12.7 Å². The number of aromatic nitrogens is 4. The standard InChI is InChI=1S/C20H17N5O2/c1-2-27-17-10-6-5-9-16(17)22-19(26)12-11-18-23-24-20-15-8-4-3-7-14(15)13-21-25(18)20/h3-13H,2H2,1H3,(H,22,26)/b12-11+. The van der Waals surface area contributed by atoms with E-state index >= 15 is 0 Å². The molecule has 27 heavy (non-hydrogen) atoms. The summed E-state index contributed by atoms with van der Waals surface area (Å²) in [5.41, 5.74) is 1.26. The average molecular weight is 359 g/mol. The maximum Gasteiger partial charge on any atom is 0.248 e. The topological polar surface area (TPSA) is 81.4 Å². The summed E-state index contributed by atoms with van der Waals surface area (Å²) in [6.45, 7) is 2.42. The minimum atomic E-state index is -0.292. The fraction of sp³-hybridized carbons (Fsp3) is 0.100. The number of nitrogens with zero attached hydrogens (tertiary/aromatic N) is 4. The molecule has 0 saturated heterocycles. The number of amides is 1. The Bertz CT molecular complexity index is 1150. The normalized spacial score (nSPS) is 11.3. The van der Waals surface area contributed by atoms with Crippen LogP contribution in [0.3, 0.4) is 0 Å². The van der Waals surface area contributed by atoms with E-state index < -0.39 is 0 Å². The molecule has 2 heterocycles. The molecule has 134 valence electrons. The molecule has 0 bridgehead atoms. The lowest BCUT2D eigenvalue weighted by atomic mass is 10.2. The molecule has 0 saturated carbocycles. The van der Waals surface area contributed by atoms with Crippen molar-refractivity contribution in [3.05, 3.63) is 66.6 Å². The van der Waals surface area contributed by atoms with Gasteiger partial charge >= 0.3 is 0 Å². The zero-order valence-corrected chi connectivity index (χ0v) is 14.7. The van der Waals surface area contributed by atoms with Crippen molar-refractivity contribution in [2.75, 3.05) is 11.9 Å². The van der Waals surface area contributed by atoms with Crippen LogP contribution >= 0.6 is 0 Å². The van der Waals surface area contributed by atoms with Gasteiger partial charge in [-0.05, 0) is 25.1 Å². The molecule has 0 aliphatic rings. The van der Waals surface area contributed by atoms with Crippen molar-refractivity contribution in [1.29, 1.82) is 0 Å². The van der Waals surface area contributed by atoms with Crippen molar-refractivity contribution < 1.29 is 9.53 Å². The molecule has 0 spiro atoms. The van der Waals surface area contributed by atoms with Crippen LogP contribution in [0, 0.1) is 0 Å². The highest BCUT2D eigenvalue weighted by atomic mass is 16.5. The van der Waals surface area contributed by atoms with Gasteiger partial charge in [0.2, 0.25) is 5.91 Å². The van der Waals surface area contributed by atoms with Gasteiger partial charge in [0, 0.05) is 16.8 Å². The van der Waals surface area contributed by atoms with Crippen LogP contribution in [0.2, 0.25) is 0 Å². The first-order valence-electron chi connectivity index (χ1n) is 8.56. The summed E-state index contributed by atoms with van der Waals surface area (Å²) in [4.78, 5) is 12.3. The molecule has 1 amide bonds. The number of nitrogens with one attached hydrogen (secondary N) is 1. The molecule has 0 fully saturated rings. The van der Waals surface area contributed by atoms with Crippen molar-refractivity contribution >= 4 is 34.1 Å². The molecule has 4 rings (SSSR count). The van der Waals surface area contributed by atoms with E-state index in [0.717, 1.165) is 10.8 Å². The van der Waals surface area contributed by atoms with Crippen LogP contribution in [0.15, 0.2) is 60.8 Å². The maximum absolute atomic E-state index is 12.3. The number of anilines is 1. The lowest BCUT2D eigenvalue weighted by molar-refractivity contribution is -0.111. The van der Waals surface area contributed by atoms with E-state index in [9.17, 15) is 4.79 Å². The number of rotatable bonds is 5. The zero-order valence-electron chi connectivity index (χ0n) is 14.7. The second kappa shape index (κ2) is 7.25. The van der Waals surface area contributed by atoms with Crippen molar-refractivity contribution in [1.82, 2.24) is 19.8 Å². The minimum Gasteiger partial charge on any atom is -0.492 e. The van der Waals surface area contributed by atoms with E-state index in [-0.39, 0.29) is 5.91 Å². The predicted molar refractivity (Wildman–Crippen MR) is 104 cm³/mol. The van der Waals surface area contributed by atoms with Crippen molar-refractivity contribution in [2.45, 2.75) is 6.92 Å². The van der Waals surface area contributed by atoms with Crippen molar-refractivity contribution in [3.63, 3.8) is 0 Å². The monoisotopic (exact) mass is 359 g/mol. The van der Waals surface area contributed by atoms with E-state index in [2.05, 4.69) is 20.6 Å². The molecule has 0 aliphatic heterocycles. The van der Waals surface area contributed by atoms with Gasteiger partial charge in [0.15, 0.2) is 11.5 Å². The Morgan fingerprint density at radius 3 is 2.85 bits per heavy atom. The summed E-state index contributed by atoms with van der Waals surface area (Å²) in [6, 6.07) is 15.1. The summed E-state index contributed by atoms with van der Waals surface area (Å²) in [5.74, 6) is 0.812. The highest BCUT2D eigenvalue weighted by Gasteiger charge is 2.09. The zero-order chi connectivity index (χ0) is 18.6. The fourth-order valence-corrected chi connectivity index (χ4v) is 2.79. The molecule has 4 aromatic rings. The Hall–Kier alpha value is -3.74. The fourth-order valence-electron chi connectivity index (χ4n) is 2.79. The van der Waals surface area contributed by atoms with Crippen LogP contribution in [0.25, 0.3) is 22.5 Å². The van der Waals surface area contributed by atoms with Crippen molar-refractivity contribution in [2.24, 2.45) is 0 Å². The van der Waals surface area contributed by atoms with E-state index in [1.165, 1.54) is 6.08 Å². The molecule has 2 aromatic heterocycles. The van der Waals surface area contributed by atoms with E-state index in [1.807, 2.05) is 49.4 Å². The average Bonchev–Trinajstić information content (AvgIpc) is 3.12. The van der Waals surface area contributed by atoms with Crippen LogP contribution < -0.4 is 10.1 Å². The number of hydrogen-bond acceptors (Lipinski definition) is 5. The van der Waals surface area contributed by atoms with Crippen molar-refractivity contribution in [3.8, 4) is 5.75 Å². The van der Waals surface area contributed by atoms with Crippen LogP contribution in [0.4, 0.5) is 5.69 Å². The largest absolute Gasteiger partial charge is 0.492 e. The Morgan fingerprint density at radius 1 is 1.15 bits per heavy atom. The Morgan fingerprint density at radius 2 is 1.96 bits per heavy atom. The van der Waals surface area contributed by atoms with Gasteiger partial charge in [-0.3, -0.25) is 4.79 Å². The van der Waals surface area contributed by atoms with Crippen LogP contribution in [0.5, 0.6) is 5.75 Å². The summed E-state index contributed by atoms with van der Waals surface area (Å²) in [6.07, 6.45) is 4.73. The van der Waals surface area contributed by atoms with Gasteiger partial charge in [0.05, 0.1) is 18.5 Å². The summed E-state index contributed by atoms with van der Waals surface area (Å²) >= 11 is 0. The van der Waals surface area contributed by atoms with Gasteiger partial charge in [-0.2, -0.15) is 9.61 Å². The lowest BCUT2D eigenvalue weighted by Gasteiger charge is -2.09. The van der Waals surface area contributed by atoms with Gasteiger partial charge in [0.25, 0.3) is 0 Å². The molecule has 0 aliphatic carbocycles. The number of ether oxygens (including phenoxy) is 1. The molecule has 1 N–H and O–H groups in total. The summed E-state index contributed by atoms with van der Waals surface area (Å²) in [7, 11) is 0. The number of carbonyl (C=O) groups is 1. The number of carbonyl (C=O) groups excluding carboxylic acids is 1. The van der Waals surface area contributed by atoms with Gasteiger partial charge < -0.3 is 10.1 Å². The highest BCUT2D eigenvalue weighted by Crippen LogP contribution is 2.23. The molecule has 0 unspecified atom stereocenters. The second-order valence-electron chi connectivity index (χ2n) is 5.78. The molecule has 2 aromatic carbocycles. The maximum atomic E-state index is 12.3. The molecule has 7 heteroatoms. The number of para-hydroxylation sites is 2. The van der Waals surface area contributed by atoms with E-state index in [1.54, 1.807) is 22.9 Å². The van der Waals surface area contributed by atoms with E-state index in [4.69, 9.17) is 4.74 Å². The van der Waals surface area contributed by atoms with Gasteiger partial charge in [-0.25, -0.2) is 0 Å².